The fourth-order valence-corrected chi connectivity index (χ4v) is 0. The third-order valence-corrected chi connectivity index (χ3v) is 1.12. The van der Waals surface area contributed by atoms with Crippen molar-refractivity contribution in [2.45, 2.75) is 11.7 Å². The second-order valence-corrected chi connectivity index (χ2v) is 5.34. The summed E-state index contributed by atoms with van der Waals surface area (Å²) in [6, 6.07) is 0. The van der Waals surface area contributed by atoms with E-state index in [1.165, 1.54) is 0 Å². The number of rotatable bonds is 0. The highest BCUT2D eigenvalue weighted by atomic mass is 32.2. The van der Waals surface area contributed by atoms with Gasteiger partial charge in [-0.05, 0) is 0 Å². The van der Waals surface area contributed by atoms with Crippen LogP contribution < -0.4 is 0 Å². The van der Waals surface area contributed by atoms with E-state index < -0.39 is 37.9 Å². The van der Waals surface area contributed by atoms with Crippen molar-refractivity contribution in [2.24, 2.45) is 0 Å². The van der Waals surface area contributed by atoms with Gasteiger partial charge in [0.25, 0.3) is 10.1 Å². The number of hydrogen-bond donors (Lipinski definition) is 3. The van der Waals surface area contributed by atoms with Gasteiger partial charge in [-0.1, -0.05) is 0 Å². The molecule has 124 valence electrons. The molecule has 0 amide bonds. The predicted molar refractivity (Wildman–Crippen MR) is 48.8 cm³/mol. The molecule has 0 rings (SSSR count). The normalized spacial score (nSPS) is 12.4. The molecule has 0 heterocycles. The molecule has 8 nitrogen and oxygen atoms in total. The molecule has 0 unspecified atom stereocenters. The van der Waals surface area contributed by atoms with Crippen molar-refractivity contribution in [1.29, 1.82) is 0 Å². The van der Waals surface area contributed by atoms with Gasteiger partial charge < -0.3 is 5.11 Å². The Hall–Kier alpha value is -1.13. The van der Waals surface area contributed by atoms with E-state index >= 15 is 0 Å². The fraction of sp³-hybridized carbons (Fsp3) is 0.750. The average molecular weight is 360 g/mol. The molecule has 0 spiro atoms. The summed E-state index contributed by atoms with van der Waals surface area (Å²) < 4.78 is 115. The van der Waals surface area contributed by atoms with Gasteiger partial charge in [0.15, 0.2) is 0 Å². The van der Waals surface area contributed by atoms with E-state index in [1.54, 1.807) is 0 Å². The lowest BCUT2D eigenvalue weighted by Gasteiger charge is -1.97. The summed E-state index contributed by atoms with van der Waals surface area (Å²) in [7, 11) is -9.51. The Morgan fingerprint density at radius 3 is 1.00 bits per heavy atom. The summed E-state index contributed by atoms with van der Waals surface area (Å²) >= 11 is 0. The smallest absolute Gasteiger partial charge is 0.475 e. The Morgan fingerprint density at radius 2 is 1.00 bits per heavy atom. The lowest BCUT2D eigenvalue weighted by Crippen LogP contribution is -2.21. The number of hydrogen-bond acceptors (Lipinski definition) is 5. The average Bonchev–Trinajstić information content (AvgIpc) is 1.94. The highest BCUT2D eigenvalue weighted by Crippen LogP contribution is 2.20. The van der Waals surface area contributed by atoms with E-state index in [4.69, 9.17) is 27.4 Å². The van der Waals surface area contributed by atoms with Gasteiger partial charge >= 0.3 is 27.8 Å². The Kier molecular flexibility index (Phi) is 9.09. The zero-order chi connectivity index (χ0) is 17.6. The molecule has 0 saturated carbocycles. The van der Waals surface area contributed by atoms with Crippen LogP contribution in [0, 0.1) is 0 Å². The minimum Gasteiger partial charge on any atom is -0.475 e. The molecule has 16 heteroatoms. The third kappa shape index (κ3) is 22.1. The maximum absolute atomic E-state index is 10.7. The monoisotopic (exact) mass is 360 g/mol. The summed E-state index contributed by atoms with van der Waals surface area (Å²) in [6.07, 6.45) is -4.37. The molecule has 0 bridgehead atoms. The molecule has 0 aromatic heterocycles. The van der Waals surface area contributed by atoms with Crippen LogP contribution in [0.25, 0.3) is 0 Å². The molecule has 0 radical (unpaired) electrons. The van der Waals surface area contributed by atoms with Gasteiger partial charge in [0.1, 0.15) is 0 Å². The Balaban J connectivity index is -0.000000223. The lowest BCUT2D eigenvalue weighted by molar-refractivity contribution is -0.192. The standard InChI is InChI=1S/C2HF3O2.CHF3O3S.CH4O3S/c3-2(4,5)1(6)7;2-1(3,4)8(5,6)7;1-5(2,3)4/h(H,6,7);(H,5,6,7);1H3,(H,2,3,4). The molecule has 0 aliphatic rings. The van der Waals surface area contributed by atoms with Gasteiger partial charge in [0.05, 0.1) is 6.26 Å². The molecule has 0 atom stereocenters. The van der Waals surface area contributed by atoms with Crippen molar-refractivity contribution in [3.63, 3.8) is 0 Å². The van der Waals surface area contributed by atoms with Gasteiger partial charge in [0, 0.05) is 0 Å². The third-order valence-electron chi connectivity index (χ3n) is 0.535. The summed E-state index contributed by atoms with van der Waals surface area (Å²) in [6.45, 7) is 0. The molecule has 0 aliphatic heterocycles. The van der Waals surface area contributed by atoms with Crippen molar-refractivity contribution in [2.75, 3.05) is 6.26 Å². The predicted octanol–water partition coefficient (Wildman–Crippen LogP) is 0.531. The van der Waals surface area contributed by atoms with Crippen molar-refractivity contribution in [3.05, 3.63) is 0 Å². The Morgan fingerprint density at radius 1 is 0.900 bits per heavy atom. The number of carboxylic acids is 1. The van der Waals surface area contributed by atoms with E-state index in [0.29, 0.717) is 6.26 Å². The molecule has 0 saturated heterocycles. The first-order chi connectivity index (χ1) is 8.19. The molecule has 0 aromatic rings. The van der Waals surface area contributed by atoms with Crippen molar-refractivity contribution in [1.82, 2.24) is 0 Å². The fourth-order valence-electron chi connectivity index (χ4n) is 0. The van der Waals surface area contributed by atoms with E-state index in [9.17, 15) is 34.8 Å². The number of carboxylic acid groups (broad SMARTS) is 1. The quantitative estimate of drug-likeness (QED) is 0.322. The lowest BCUT2D eigenvalue weighted by atomic mass is 10.7. The maximum Gasteiger partial charge on any atom is 0.522 e. The van der Waals surface area contributed by atoms with Crippen LogP contribution in [0.5, 0.6) is 0 Å². The summed E-state index contributed by atoms with van der Waals surface area (Å²) in [5.41, 5.74) is -5.53. The first-order valence-corrected chi connectivity index (χ1v) is 6.74. The SMILES string of the molecule is CS(=O)(=O)O.O=C(O)C(F)(F)F.O=S(=O)(O)C(F)(F)F. The molecule has 0 aromatic carbocycles. The number of aliphatic carboxylic acids is 1. The number of alkyl halides is 6. The van der Waals surface area contributed by atoms with Gasteiger partial charge in [-0.15, -0.1) is 0 Å². The van der Waals surface area contributed by atoms with Crippen LogP contribution in [-0.4, -0.2) is 55.0 Å². The first kappa shape index (κ1) is 23.9. The van der Waals surface area contributed by atoms with E-state index in [2.05, 4.69) is 0 Å². The van der Waals surface area contributed by atoms with Crippen LogP contribution in [0.4, 0.5) is 26.3 Å². The minimum absolute atomic E-state index is 0.715. The van der Waals surface area contributed by atoms with Gasteiger partial charge in [0.2, 0.25) is 0 Å². The van der Waals surface area contributed by atoms with Crippen LogP contribution in [0.1, 0.15) is 0 Å². The second kappa shape index (κ2) is 7.60. The van der Waals surface area contributed by atoms with Crippen LogP contribution in [0.3, 0.4) is 0 Å². The molecular formula is C4H6F6O8S2. The van der Waals surface area contributed by atoms with Crippen molar-refractivity contribution >= 4 is 26.2 Å². The topological polar surface area (TPSA) is 146 Å². The molecule has 3 N–H and O–H groups in total. The number of carbonyl (C=O) groups is 1. The van der Waals surface area contributed by atoms with Gasteiger partial charge in [-0.25, -0.2) is 4.79 Å². The molecular weight excluding hydrogens is 354 g/mol. The highest BCUT2D eigenvalue weighted by molar-refractivity contribution is 7.86. The minimum atomic E-state index is -5.84. The zero-order valence-electron chi connectivity index (χ0n) is 8.97. The van der Waals surface area contributed by atoms with Crippen molar-refractivity contribution in [3.8, 4) is 0 Å². The van der Waals surface area contributed by atoms with Gasteiger partial charge in [-0.3, -0.25) is 9.11 Å². The van der Waals surface area contributed by atoms with Crippen LogP contribution in [-0.2, 0) is 25.0 Å². The van der Waals surface area contributed by atoms with Crippen LogP contribution in [0.15, 0.2) is 0 Å². The largest absolute Gasteiger partial charge is 0.522 e. The molecule has 0 aliphatic carbocycles. The Labute approximate surface area is 107 Å². The summed E-state index contributed by atoms with van der Waals surface area (Å²) in [5, 5.41) is 7.12. The second-order valence-electron chi connectivity index (χ2n) is 2.46. The van der Waals surface area contributed by atoms with E-state index in [1.807, 2.05) is 0 Å². The van der Waals surface area contributed by atoms with Crippen molar-refractivity contribution < 1.29 is 62.2 Å². The summed E-state index contributed by atoms with van der Waals surface area (Å²) in [5.74, 6) is -2.76. The Bertz CT molecular complexity index is 490. The molecule has 20 heavy (non-hydrogen) atoms. The van der Waals surface area contributed by atoms with Crippen LogP contribution in [0.2, 0.25) is 0 Å². The van der Waals surface area contributed by atoms with E-state index in [-0.39, 0.29) is 0 Å². The molecule has 0 fully saturated rings. The van der Waals surface area contributed by atoms with E-state index in [0.717, 1.165) is 0 Å². The van der Waals surface area contributed by atoms with Crippen LogP contribution >= 0.6 is 0 Å². The summed E-state index contributed by atoms with van der Waals surface area (Å²) in [4.78, 5) is 8.90. The maximum atomic E-state index is 10.7. The zero-order valence-corrected chi connectivity index (χ0v) is 10.6. The highest BCUT2D eigenvalue weighted by Gasteiger charge is 2.44. The van der Waals surface area contributed by atoms with Gasteiger partial charge in [-0.2, -0.15) is 43.2 Å². The number of halogens is 6. The first-order valence-electron chi connectivity index (χ1n) is 3.46.